The van der Waals surface area contributed by atoms with Crippen molar-refractivity contribution < 1.29 is 4.79 Å². The van der Waals surface area contributed by atoms with E-state index in [1.165, 1.54) is 0 Å². The van der Waals surface area contributed by atoms with Crippen molar-refractivity contribution in [2.45, 2.75) is 26.8 Å². The maximum absolute atomic E-state index is 11.9. The molecular formula is C10H20N2O. The molecule has 1 rings (SSSR count). The number of rotatable bonds is 0. The van der Waals surface area contributed by atoms with Gasteiger partial charge in [-0.25, -0.2) is 0 Å². The largest absolute Gasteiger partial charge is 0.343 e. The zero-order chi connectivity index (χ0) is 10.2. The Morgan fingerprint density at radius 3 is 2.15 bits per heavy atom. The highest BCUT2D eigenvalue weighted by Gasteiger charge is 2.38. The summed E-state index contributed by atoms with van der Waals surface area (Å²) in [5, 5.41) is 0. The van der Waals surface area contributed by atoms with Crippen molar-refractivity contribution in [2.75, 3.05) is 27.2 Å². The van der Waals surface area contributed by atoms with E-state index in [2.05, 4.69) is 25.7 Å². The summed E-state index contributed by atoms with van der Waals surface area (Å²) in [6.45, 7) is 8.17. The van der Waals surface area contributed by atoms with Crippen LogP contribution >= 0.6 is 0 Å². The normalized spacial score (nSPS) is 26.7. The molecule has 1 amide bonds. The minimum absolute atomic E-state index is 0.0283. The van der Waals surface area contributed by atoms with Crippen LogP contribution < -0.4 is 0 Å². The predicted octanol–water partition coefficient (Wildman–Crippen LogP) is 0.805. The minimum atomic E-state index is 0.0283. The lowest BCUT2D eigenvalue weighted by atomic mass is 9.84. The van der Waals surface area contributed by atoms with Gasteiger partial charge in [-0.05, 0) is 12.5 Å². The van der Waals surface area contributed by atoms with Gasteiger partial charge in [0.25, 0.3) is 0 Å². The molecule has 0 bridgehead atoms. The highest BCUT2D eigenvalue weighted by Crippen LogP contribution is 2.26. The lowest BCUT2D eigenvalue weighted by molar-refractivity contribution is -0.143. The number of hydrogen-bond acceptors (Lipinski definition) is 2. The number of nitrogens with zero attached hydrogens (tertiary/aromatic N) is 2. The second-order valence-corrected chi connectivity index (χ2v) is 5.01. The summed E-state index contributed by atoms with van der Waals surface area (Å²) in [4.78, 5) is 15.9. The van der Waals surface area contributed by atoms with Crippen LogP contribution in [-0.4, -0.2) is 48.9 Å². The molecule has 0 aromatic carbocycles. The van der Waals surface area contributed by atoms with Gasteiger partial charge in [0.2, 0.25) is 5.91 Å². The molecule has 1 aliphatic rings. The number of piperazine rings is 1. The quantitative estimate of drug-likeness (QED) is 0.556. The molecule has 3 nitrogen and oxygen atoms in total. The summed E-state index contributed by atoms with van der Waals surface area (Å²) >= 11 is 0. The zero-order valence-corrected chi connectivity index (χ0v) is 9.29. The van der Waals surface area contributed by atoms with Crippen molar-refractivity contribution in [2.24, 2.45) is 5.41 Å². The van der Waals surface area contributed by atoms with Crippen molar-refractivity contribution in [1.82, 2.24) is 9.80 Å². The molecule has 1 aliphatic heterocycles. The topological polar surface area (TPSA) is 23.6 Å². The number of amides is 1. The van der Waals surface area contributed by atoms with E-state index in [9.17, 15) is 4.79 Å². The number of carbonyl (C=O) groups excluding carboxylic acids is 1. The highest BCUT2D eigenvalue weighted by atomic mass is 16.2. The summed E-state index contributed by atoms with van der Waals surface area (Å²) in [5.74, 6) is 0.251. The Hall–Kier alpha value is -0.570. The van der Waals surface area contributed by atoms with Crippen molar-refractivity contribution in [3.05, 3.63) is 0 Å². The van der Waals surface area contributed by atoms with Crippen LogP contribution in [0.25, 0.3) is 0 Å². The molecule has 3 heteroatoms. The third-order valence-corrected chi connectivity index (χ3v) is 2.66. The van der Waals surface area contributed by atoms with Gasteiger partial charge in [0.15, 0.2) is 0 Å². The smallest absolute Gasteiger partial charge is 0.240 e. The Bertz CT molecular complexity index is 207. The van der Waals surface area contributed by atoms with Crippen LogP contribution in [-0.2, 0) is 4.79 Å². The van der Waals surface area contributed by atoms with E-state index in [-0.39, 0.29) is 17.4 Å². The van der Waals surface area contributed by atoms with E-state index in [1.807, 2.05) is 19.0 Å². The first kappa shape index (κ1) is 10.5. The molecule has 0 N–H and O–H groups in total. The van der Waals surface area contributed by atoms with Gasteiger partial charge < -0.3 is 4.90 Å². The van der Waals surface area contributed by atoms with E-state index in [0.717, 1.165) is 13.1 Å². The fraction of sp³-hybridized carbons (Fsp3) is 0.900. The van der Waals surface area contributed by atoms with E-state index in [1.54, 1.807) is 0 Å². The minimum Gasteiger partial charge on any atom is -0.343 e. The van der Waals surface area contributed by atoms with Crippen molar-refractivity contribution >= 4 is 5.91 Å². The fourth-order valence-corrected chi connectivity index (χ4v) is 1.98. The summed E-state index contributed by atoms with van der Waals surface area (Å²) in [6, 6.07) is 0.0336. The first-order chi connectivity index (χ1) is 5.84. The molecule has 0 saturated carbocycles. The van der Waals surface area contributed by atoms with Crippen LogP contribution in [0.15, 0.2) is 0 Å². The van der Waals surface area contributed by atoms with Crippen LogP contribution in [0.5, 0.6) is 0 Å². The maximum Gasteiger partial charge on any atom is 0.240 e. The number of hydrogen-bond donors (Lipinski definition) is 0. The van der Waals surface area contributed by atoms with Gasteiger partial charge in [-0.2, -0.15) is 0 Å². The van der Waals surface area contributed by atoms with Crippen molar-refractivity contribution in [3.63, 3.8) is 0 Å². The van der Waals surface area contributed by atoms with Crippen LogP contribution in [0.4, 0.5) is 0 Å². The van der Waals surface area contributed by atoms with E-state index < -0.39 is 0 Å². The van der Waals surface area contributed by atoms with Crippen LogP contribution in [0.3, 0.4) is 0 Å². The molecule has 0 radical (unpaired) electrons. The Balaban J connectivity index is 2.85. The molecule has 1 atom stereocenters. The first-order valence-electron chi connectivity index (χ1n) is 4.79. The van der Waals surface area contributed by atoms with Gasteiger partial charge in [0.05, 0.1) is 6.04 Å². The Morgan fingerprint density at radius 1 is 1.23 bits per heavy atom. The lowest BCUT2D eigenvalue weighted by Gasteiger charge is -2.43. The average molecular weight is 184 g/mol. The second-order valence-electron chi connectivity index (χ2n) is 5.01. The highest BCUT2D eigenvalue weighted by molar-refractivity contribution is 5.83. The molecule has 0 aliphatic carbocycles. The standard InChI is InChI=1S/C10H20N2O/c1-10(2,3)8-9(13)12(5)7-6-11(8)4/h8H,6-7H2,1-5H3. The van der Waals surface area contributed by atoms with Gasteiger partial charge in [0, 0.05) is 20.1 Å². The predicted molar refractivity (Wildman–Crippen MR) is 53.5 cm³/mol. The number of carbonyl (C=O) groups is 1. The van der Waals surface area contributed by atoms with Gasteiger partial charge in [0.1, 0.15) is 0 Å². The van der Waals surface area contributed by atoms with E-state index in [4.69, 9.17) is 0 Å². The molecule has 0 spiro atoms. The monoisotopic (exact) mass is 184 g/mol. The first-order valence-corrected chi connectivity index (χ1v) is 4.79. The Morgan fingerprint density at radius 2 is 1.77 bits per heavy atom. The Kier molecular flexibility index (Phi) is 2.66. The van der Waals surface area contributed by atoms with Crippen molar-refractivity contribution in [3.8, 4) is 0 Å². The SMILES string of the molecule is CN1CCN(C)C(C(C)(C)C)C1=O. The van der Waals surface area contributed by atoms with Crippen molar-refractivity contribution in [1.29, 1.82) is 0 Å². The van der Waals surface area contributed by atoms with Crippen LogP contribution in [0.2, 0.25) is 0 Å². The molecule has 0 aromatic rings. The Labute approximate surface area is 80.7 Å². The second kappa shape index (κ2) is 3.29. The van der Waals surface area contributed by atoms with Gasteiger partial charge in [-0.3, -0.25) is 9.69 Å². The van der Waals surface area contributed by atoms with E-state index >= 15 is 0 Å². The van der Waals surface area contributed by atoms with Crippen LogP contribution in [0, 0.1) is 5.41 Å². The molecule has 0 aromatic heterocycles. The summed E-state index contributed by atoms with van der Waals surface area (Å²) < 4.78 is 0. The molecule has 76 valence electrons. The molecule has 13 heavy (non-hydrogen) atoms. The molecule has 1 fully saturated rings. The fourth-order valence-electron chi connectivity index (χ4n) is 1.98. The van der Waals surface area contributed by atoms with Gasteiger partial charge in [-0.1, -0.05) is 20.8 Å². The summed E-state index contributed by atoms with van der Waals surface area (Å²) in [5.41, 5.74) is 0.0283. The van der Waals surface area contributed by atoms with E-state index in [0.29, 0.717) is 0 Å². The zero-order valence-electron chi connectivity index (χ0n) is 9.29. The van der Waals surface area contributed by atoms with Crippen LogP contribution in [0.1, 0.15) is 20.8 Å². The van der Waals surface area contributed by atoms with Gasteiger partial charge >= 0.3 is 0 Å². The molecule has 1 unspecified atom stereocenters. The summed E-state index contributed by atoms with van der Waals surface area (Å²) in [6.07, 6.45) is 0. The lowest BCUT2D eigenvalue weighted by Crippen LogP contribution is -2.59. The third kappa shape index (κ3) is 2.02. The number of likely N-dealkylation sites (N-methyl/N-ethyl adjacent to an activating group) is 2. The summed E-state index contributed by atoms with van der Waals surface area (Å²) in [7, 11) is 3.91. The third-order valence-electron chi connectivity index (χ3n) is 2.66. The van der Waals surface area contributed by atoms with Gasteiger partial charge in [-0.15, -0.1) is 0 Å². The molecule has 1 heterocycles. The maximum atomic E-state index is 11.9. The average Bonchev–Trinajstić information content (AvgIpc) is 1.95. The molecular weight excluding hydrogens is 164 g/mol. The molecule has 1 saturated heterocycles.